The fourth-order valence-corrected chi connectivity index (χ4v) is 1.73. The molecule has 0 aromatic carbocycles. The SMILES string of the molecule is Br.CNC1(C(=O)O)CCCCC1. The van der Waals surface area contributed by atoms with Crippen LogP contribution in [0.3, 0.4) is 0 Å². The lowest BCUT2D eigenvalue weighted by Gasteiger charge is -2.32. The summed E-state index contributed by atoms with van der Waals surface area (Å²) in [6.07, 6.45) is 4.80. The molecule has 0 bridgehead atoms. The third kappa shape index (κ3) is 2.20. The van der Waals surface area contributed by atoms with E-state index < -0.39 is 11.5 Å². The van der Waals surface area contributed by atoms with Crippen molar-refractivity contribution >= 4 is 23.0 Å². The van der Waals surface area contributed by atoms with Crippen molar-refractivity contribution in [2.24, 2.45) is 0 Å². The molecule has 4 heteroatoms. The summed E-state index contributed by atoms with van der Waals surface area (Å²) >= 11 is 0. The third-order valence-corrected chi connectivity index (χ3v) is 2.60. The van der Waals surface area contributed by atoms with Crippen LogP contribution in [0.4, 0.5) is 0 Å². The average Bonchev–Trinajstić information content (AvgIpc) is 2.05. The molecule has 0 saturated heterocycles. The number of carboxylic acids is 1. The number of aliphatic carboxylic acids is 1. The van der Waals surface area contributed by atoms with E-state index in [1.165, 1.54) is 6.42 Å². The van der Waals surface area contributed by atoms with Crippen molar-refractivity contribution in [1.29, 1.82) is 0 Å². The molecule has 0 aliphatic heterocycles. The molecule has 0 aromatic rings. The van der Waals surface area contributed by atoms with E-state index in [1.807, 2.05) is 0 Å². The minimum atomic E-state index is -0.695. The first-order chi connectivity index (χ1) is 5.21. The highest BCUT2D eigenvalue weighted by molar-refractivity contribution is 8.93. The van der Waals surface area contributed by atoms with E-state index in [4.69, 9.17) is 5.11 Å². The Bertz CT molecular complexity index is 155. The zero-order valence-electron chi connectivity index (χ0n) is 7.30. The first kappa shape index (κ1) is 11.9. The van der Waals surface area contributed by atoms with Gasteiger partial charge in [0.05, 0.1) is 0 Å². The number of halogens is 1. The Hall–Kier alpha value is -0.0900. The van der Waals surface area contributed by atoms with Crippen LogP contribution >= 0.6 is 17.0 Å². The van der Waals surface area contributed by atoms with E-state index in [-0.39, 0.29) is 17.0 Å². The van der Waals surface area contributed by atoms with Crippen molar-refractivity contribution in [2.45, 2.75) is 37.6 Å². The van der Waals surface area contributed by atoms with Crippen molar-refractivity contribution < 1.29 is 9.90 Å². The Kier molecular flexibility index (Phi) is 4.78. The van der Waals surface area contributed by atoms with Crippen LogP contribution in [0.15, 0.2) is 0 Å². The summed E-state index contributed by atoms with van der Waals surface area (Å²) in [4.78, 5) is 10.8. The van der Waals surface area contributed by atoms with Gasteiger partial charge in [0, 0.05) is 0 Å². The fraction of sp³-hybridized carbons (Fsp3) is 0.875. The van der Waals surface area contributed by atoms with Gasteiger partial charge >= 0.3 is 5.97 Å². The Balaban J connectivity index is 0.00000121. The van der Waals surface area contributed by atoms with E-state index >= 15 is 0 Å². The van der Waals surface area contributed by atoms with Gasteiger partial charge in [-0.05, 0) is 19.9 Å². The van der Waals surface area contributed by atoms with Gasteiger partial charge in [-0.15, -0.1) is 17.0 Å². The maximum atomic E-state index is 10.8. The van der Waals surface area contributed by atoms with E-state index in [1.54, 1.807) is 7.05 Å². The number of carboxylic acid groups (broad SMARTS) is 1. The maximum absolute atomic E-state index is 10.8. The number of hydrogen-bond donors (Lipinski definition) is 2. The Morgan fingerprint density at radius 2 is 1.83 bits per heavy atom. The molecule has 1 saturated carbocycles. The molecule has 0 heterocycles. The lowest BCUT2D eigenvalue weighted by atomic mass is 9.82. The van der Waals surface area contributed by atoms with E-state index in [2.05, 4.69) is 5.32 Å². The molecule has 0 amide bonds. The lowest BCUT2D eigenvalue weighted by molar-refractivity contribution is -0.146. The largest absolute Gasteiger partial charge is 0.480 e. The Morgan fingerprint density at radius 3 is 2.08 bits per heavy atom. The van der Waals surface area contributed by atoms with Crippen molar-refractivity contribution in [1.82, 2.24) is 5.32 Å². The smallest absolute Gasteiger partial charge is 0.323 e. The average molecular weight is 238 g/mol. The standard InChI is InChI=1S/C8H15NO2.BrH/c1-9-8(7(10)11)5-3-2-4-6-8;/h9H,2-6H2,1H3,(H,10,11);1H. The molecule has 1 aliphatic rings. The zero-order chi connectivity index (χ0) is 8.32. The van der Waals surface area contributed by atoms with Crippen LogP contribution in [0.5, 0.6) is 0 Å². The second-order valence-corrected chi connectivity index (χ2v) is 3.20. The molecular formula is C8H16BrNO2. The predicted molar refractivity (Wildman–Crippen MR) is 52.8 cm³/mol. The highest BCUT2D eigenvalue weighted by Crippen LogP contribution is 2.27. The van der Waals surface area contributed by atoms with Gasteiger partial charge in [-0.1, -0.05) is 19.3 Å². The second-order valence-electron chi connectivity index (χ2n) is 3.20. The number of likely N-dealkylation sites (N-methyl/N-ethyl adjacent to an activating group) is 1. The molecule has 3 nitrogen and oxygen atoms in total. The molecule has 0 spiro atoms. The number of rotatable bonds is 2. The van der Waals surface area contributed by atoms with Gasteiger partial charge in [-0.3, -0.25) is 4.79 Å². The summed E-state index contributed by atoms with van der Waals surface area (Å²) in [5.74, 6) is -0.695. The molecule has 0 radical (unpaired) electrons. The van der Waals surface area contributed by atoms with Gasteiger partial charge in [-0.25, -0.2) is 0 Å². The first-order valence-corrected chi connectivity index (χ1v) is 4.13. The predicted octanol–water partition coefficient (Wildman–Crippen LogP) is 1.57. The summed E-state index contributed by atoms with van der Waals surface area (Å²) in [5.41, 5.74) is -0.613. The molecule has 1 rings (SSSR count). The Morgan fingerprint density at radius 1 is 1.33 bits per heavy atom. The van der Waals surface area contributed by atoms with Crippen LogP contribution in [0.2, 0.25) is 0 Å². The third-order valence-electron chi connectivity index (χ3n) is 2.60. The highest BCUT2D eigenvalue weighted by Gasteiger charge is 2.37. The molecule has 12 heavy (non-hydrogen) atoms. The molecule has 0 unspecified atom stereocenters. The minimum Gasteiger partial charge on any atom is -0.480 e. The van der Waals surface area contributed by atoms with E-state index in [0.717, 1.165) is 25.7 Å². The molecular weight excluding hydrogens is 222 g/mol. The van der Waals surface area contributed by atoms with Gasteiger partial charge < -0.3 is 10.4 Å². The number of hydrogen-bond acceptors (Lipinski definition) is 2. The molecule has 0 atom stereocenters. The van der Waals surface area contributed by atoms with Crippen molar-refractivity contribution in [3.63, 3.8) is 0 Å². The molecule has 2 N–H and O–H groups in total. The summed E-state index contributed by atoms with van der Waals surface area (Å²) < 4.78 is 0. The summed E-state index contributed by atoms with van der Waals surface area (Å²) in [6.45, 7) is 0. The van der Waals surface area contributed by atoms with Crippen molar-refractivity contribution in [2.75, 3.05) is 7.05 Å². The van der Waals surface area contributed by atoms with Gasteiger partial charge in [0.25, 0.3) is 0 Å². The zero-order valence-corrected chi connectivity index (χ0v) is 9.01. The molecule has 0 aromatic heterocycles. The molecule has 72 valence electrons. The van der Waals surface area contributed by atoms with E-state index in [0.29, 0.717) is 0 Å². The number of nitrogens with one attached hydrogen (secondary N) is 1. The van der Waals surface area contributed by atoms with Crippen molar-refractivity contribution in [3.05, 3.63) is 0 Å². The van der Waals surface area contributed by atoms with E-state index in [9.17, 15) is 4.79 Å². The molecule has 1 fully saturated rings. The quantitative estimate of drug-likeness (QED) is 0.767. The van der Waals surface area contributed by atoms with Gasteiger partial charge in [-0.2, -0.15) is 0 Å². The fourth-order valence-electron chi connectivity index (χ4n) is 1.73. The normalized spacial score (nSPS) is 21.1. The molecule has 1 aliphatic carbocycles. The first-order valence-electron chi connectivity index (χ1n) is 4.13. The van der Waals surface area contributed by atoms with Gasteiger partial charge in [0.15, 0.2) is 0 Å². The van der Waals surface area contributed by atoms with Crippen LogP contribution in [0, 0.1) is 0 Å². The number of carbonyl (C=O) groups is 1. The van der Waals surface area contributed by atoms with Crippen LogP contribution in [-0.4, -0.2) is 23.7 Å². The second kappa shape index (κ2) is 4.82. The van der Waals surface area contributed by atoms with Crippen molar-refractivity contribution in [3.8, 4) is 0 Å². The monoisotopic (exact) mass is 237 g/mol. The van der Waals surface area contributed by atoms with Crippen LogP contribution < -0.4 is 5.32 Å². The minimum absolute atomic E-state index is 0. The highest BCUT2D eigenvalue weighted by atomic mass is 79.9. The summed E-state index contributed by atoms with van der Waals surface area (Å²) in [5, 5.41) is 11.8. The van der Waals surface area contributed by atoms with Crippen LogP contribution in [-0.2, 0) is 4.79 Å². The van der Waals surface area contributed by atoms with Crippen LogP contribution in [0.25, 0.3) is 0 Å². The lowest BCUT2D eigenvalue weighted by Crippen LogP contribution is -2.51. The maximum Gasteiger partial charge on any atom is 0.323 e. The topological polar surface area (TPSA) is 49.3 Å². The van der Waals surface area contributed by atoms with Gasteiger partial charge in [0.1, 0.15) is 5.54 Å². The summed E-state index contributed by atoms with van der Waals surface area (Å²) in [6, 6.07) is 0. The Labute approximate surface area is 83.3 Å². The van der Waals surface area contributed by atoms with Crippen LogP contribution in [0.1, 0.15) is 32.1 Å². The van der Waals surface area contributed by atoms with Gasteiger partial charge in [0.2, 0.25) is 0 Å². The summed E-state index contributed by atoms with van der Waals surface area (Å²) in [7, 11) is 1.74.